The third kappa shape index (κ3) is 5.98. The van der Waals surface area contributed by atoms with E-state index in [1.807, 2.05) is 18.2 Å². The van der Waals surface area contributed by atoms with E-state index in [9.17, 15) is 4.79 Å². The van der Waals surface area contributed by atoms with Crippen LogP contribution in [-0.2, 0) is 16.1 Å². The van der Waals surface area contributed by atoms with Gasteiger partial charge in [-0.2, -0.15) is 0 Å². The van der Waals surface area contributed by atoms with Crippen LogP contribution in [0.4, 0.5) is 0 Å². The van der Waals surface area contributed by atoms with Crippen molar-refractivity contribution in [2.24, 2.45) is 0 Å². The first-order valence-electron chi connectivity index (χ1n) is 12.1. The predicted octanol–water partition coefficient (Wildman–Crippen LogP) is 3.35. The molecule has 0 unspecified atom stereocenters. The Kier molecular flexibility index (Phi) is 7.87. The summed E-state index contributed by atoms with van der Waals surface area (Å²) in [6.07, 6.45) is 1.27. The van der Waals surface area contributed by atoms with Crippen molar-refractivity contribution >= 4 is 39.7 Å². The second-order valence-electron chi connectivity index (χ2n) is 8.61. The quantitative estimate of drug-likeness (QED) is 0.270. The molecule has 0 atom stereocenters. The van der Waals surface area contributed by atoms with Crippen LogP contribution in [0.15, 0.2) is 59.8 Å². The fourth-order valence-electron chi connectivity index (χ4n) is 4.34. The summed E-state index contributed by atoms with van der Waals surface area (Å²) in [5.41, 5.74) is 3.97. The number of hydrogen-bond acceptors (Lipinski definition) is 7. The zero-order chi connectivity index (χ0) is 23.9. The lowest BCUT2D eigenvalue weighted by Crippen LogP contribution is -2.41. The fraction of sp³-hybridized carbons (Fsp3) is 0.385. The molecule has 1 aliphatic heterocycles. The van der Waals surface area contributed by atoms with E-state index in [2.05, 4.69) is 61.4 Å². The van der Waals surface area contributed by atoms with Gasteiger partial charge in [0.25, 0.3) is 0 Å². The molecular weight excluding hydrogens is 460 g/mol. The van der Waals surface area contributed by atoms with E-state index >= 15 is 0 Å². The Balaban J connectivity index is 1.18. The molecule has 0 aliphatic carbocycles. The van der Waals surface area contributed by atoms with E-state index in [1.54, 1.807) is 11.8 Å². The van der Waals surface area contributed by atoms with Crippen molar-refractivity contribution in [1.29, 1.82) is 0 Å². The zero-order valence-corrected chi connectivity index (χ0v) is 20.5. The Labute approximate surface area is 209 Å². The van der Waals surface area contributed by atoms with Crippen LogP contribution in [0.1, 0.15) is 18.4 Å². The lowest BCUT2D eigenvalue weighted by Gasteiger charge is -2.26. The van der Waals surface area contributed by atoms with Gasteiger partial charge in [0.2, 0.25) is 11.1 Å². The van der Waals surface area contributed by atoms with E-state index in [0.29, 0.717) is 18.1 Å². The molecule has 4 aromatic rings. The zero-order valence-electron chi connectivity index (χ0n) is 19.7. The van der Waals surface area contributed by atoms with Gasteiger partial charge in [-0.1, -0.05) is 60.3 Å². The number of benzene rings is 2. The molecule has 1 N–H and O–H groups in total. The largest absolute Gasteiger partial charge is 0.379 e. The molecule has 9 heteroatoms. The Bertz CT molecular complexity index is 1270. The maximum absolute atomic E-state index is 12.2. The average molecular weight is 491 g/mol. The van der Waals surface area contributed by atoms with Gasteiger partial charge >= 0.3 is 0 Å². The van der Waals surface area contributed by atoms with Gasteiger partial charge in [0.1, 0.15) is 5.52 Å². The summed E-state index contributed by atoms with van der Waals surface area (Å²) in [4.78, 5) is 19.4. The monoisotopic (exact) mass is 490 g/mol. The molecule has 1 amide bonds. The van der Waals surface area contributed by atoms with Crippen LogP contribution in [0.25, 0.3) is 22.1 Å². The molecule has 5 rings (SSSR count). The highest BCUT2D eigenvalue weighted by molar-refractivity contribution is 7.99. The van der Waals surface area contributed by atoms with Gasteiger partial charge in [-0.3, -0.25) is 9.69 Å². The Morgan fingerprint density at radius 3 is 2.69 bits per heavy atom. The normalized spacial score (nSPS) is 14.5. The second-order valence-corrected chi connectivity index (χ2v) is 9.67. The van der Waals surface area contributed by atoms with Gasteiger partial charge in [0, 0.05) is 50.3 Å². The standard InChI is InChI=1S/C26H30N6O2S/c33-23(27-12-13-31-14-16-34-17-15-31)11-6-18-35-26-28-25-24(29-30-26)21-9-4-5-10-22(21)32(25)19-20-7-2-1-3-8-20/h1-5,7-10H,6,11-19H2,(H,27,33). The van der Waals surface area contributed by atoms with E-state index in [-0.39, 0.29) is 5.91 Å². The second kappa shape index (κ2) is 11.6. The summed E-state index contributed by atoms with van der Waals surface area (Å²) in [5.74, 6) is 0.861. The number of amides is 1. The van der Waals surface area contributed by atoms with E-state index < -0.39 is 0 Å². The minimum Gasteiger partial charge on any atom is -0.379 e. The van der Waals surface area contributed by atoms with Gasteiger partial charge in [0.05, 0.1) is 18.7 Å². The Morgan fingerprint density at radius 2 is 1.83 bits per heavy atom. The molecule has 8 nitrogen and oxygen atoms in total. The first-order valence-corrected chi connectivity index (χ1v) is 13.1. The molecule has 1 aliphatic rings. The van der Waals surface area contributed by atoms with Crippen LogP contribution >= 0.6 is 11.8 Å². The predicted molar refractivity (Wildman–Crippen MR) is 139 cm³/mol. The summed E-state index contributed by atoms with van der Waals surface area (Å²) in [7, 11) is 0. The molecule has 2 aromatic carbocycles. The highest BCUT2D eigenvalue weighted by Crippen LogP contribution is 2.28. The number of fused-ring (bicyclic) bond motifs is 3. The number of para-hydroxylation sites is 1. The fourth-order valence-corrected chi connectivity index (χ4v) is 5.06. The summed E-state index contributed by atoms with van der Waals surface area (Å²) in [6, 6.07) is 18.6. The molecular formula is C26H30N6O2S. The van der Waals surface area contributed by atoms with E-state index in [1.165, 1.54) is 5.56 Å². The van der Waals surface area contributed by atoms with Crippen LogP contribution in [-0.4, -0.2) is 75.7 Å². The number of carbonyl (C=O) groups is 1. The maximum atomic E-state index is 12.2. The molecule has 3 heterocycles. The number of nitrogens with zero attached hydrogens (tertiary/aromatic N) is 5. The lowest BCUT2D eigenvalue weighted by molar-refractivity contribution is -0.121. The molecule has 1 saturated heterocycles. The first-order chi connectivity index (χ1) is 17.3. The molecule has 1 fully saturated rings. The highest BCUT2D eigenvalue weighted by Gasteiger charge is 2.15. The van der Waals surface area contributed by atoms with Crippen molar-refractivity contribution in [3.8, 4) is 0 Å². The number of morpholine rings is 1. The van der Waals surface area contributed by atoms with Gasteiger partial charge in [-0.15, -0.1) is 10.2 Å². The van der Waals surface area contributed by atoms with Crippen molar-refractivity contribution < 1.29 is 9.53 Å². The molecule has 0 saturated carbocycles. The van der Waals surface area contributed by atoms with Crippen molar-refractivity contribution in [2.45, 2.75) is 24.5 Å². The van der Waals surface area contributed by atoms with Crippen LogP contribution in [0.5, 0.6) is 0 Å². The van der Waals surface area contributed by atoms with Crippen LogP contribution in [0.3, 0.4) is 0 Å². The van der Waals surface area contributed by atoms with Crippen molar-refractivity contribution in [2.75, 3.05) is 45.1 Å². The molecule has 35 heavy (non-hydrogen) atoms. The molecule has 0 spiro atoms. The summed E-state index contributed by atoms with van der Waals surface area (Å²) in [5, 5.41) is 13.6. The van der Waals surface area contributed by atoms with Crippen LogP contribution in [0, 0.1) is 0 Å². The van der Waals surface area contributed by atoms with Crippen molar-refractivity contribution in [3.05, 3.63) is 60.2 Å². The number of nitrogens with one attached hydrogen (secondary N) is 1. The first kappa shape index (κ1) is 23.7. The topological polar surface area (TPSA) is 85.2 Å². The lowest BCUT2D eigenvalue weighted by atomic mass is 10.2. The highest BCUT2D eigenvalue weighted by atomic mass is 32.2. The van der Waals surface area contributed by atoms with Gasteiger partial charge < -0.3 is 14.6 Å². The number of hydrogen-bond donors (Lipinski definition) is 1. The minimum absolute atomic E-state index is 0.0938. The van der Waals surface area contributed by atoms with Crippen LogP contribution in [0.2, 0.25) is 0 Å². The molecule has 0 radical (unpaired) electrons. The maximum Gasteiger partial charge on any atom is 0.220 e. The van der Waals surface area contributed by atoms with Gasteiger partial charge in [-0.25, -0.2) is 4.98 Å². The van der Waals surface area contributed by atoms with E-state index in [4.69, 9.17) is 9.72 Å². The molecule has 0 bridgehead atoms. The van der Waals surface area contributed by atoms with Crippen LogP contribution < -0.4 is 5.32 Å². The average Bonchev–Trinajstić information content (AvgIpc) is 3.21. The Hall–Kier alpha value is -3.01. The number of ether oxygens (including phenoxy) is 1. The molecule has 182 valence electrons. The summed E-state index contributed by atoms with van der Waals surface area (Å²) in [6.45, 7) is 5.71. The number of aromatic nitrogens is 4. The molecule has 2 aromatic heterocycles. The number of carbonyl (C=O) groups excluding carboxylic acids is 1. The van der Waals surface area contributed by atoms with Crippen molar-refractivity contribution in [1.82, 2.24) is 30.0 Å². The SMILES string of the molecule is O=C(CCCSc1nnc2c3ccccc3n(Cc3ccccc3)c2n1)NCCN1CCOCC1. The number of rotatable bonds is 10. The van der Waals surface area contributed by atoms with Gasteiger partial charge in [0.15, 0.2) is 5.65 Å². The Morgan fingerprint density at radius 1 is 1.03 bits per heavy atom. The smallest absolute Gasteiger partial charge is 0.220 e. The van der Waals surface area contributed by atoms with Gasteiger partial charge in [-0.05, 0) is 18.1 Å². The minimum atomic E-state index is 0.0938. The van der Waals surface area contributed by atoms with E-state index in [0.717, 1.165) is 73.6 Å². The third-order valence-corrected chi connectivity index (χ3v) is 7.10. The summed E-state index contributed by atoms with van der Waals surface area (Å²) < 4.78 is 7.56. The third-order valence-electron chi connectivity index (χ3n) is 6.17. The van der Waals surface area contributed by atoms with Crippen molar-refractivity contribution in [3.63, 3.8) is 0 Å². The summed E-state index contributed by atoms with van der Waals surface area (Å²) >= 11 is 1.55. The number of thioether (sulfide) groups is 1.